The first-order chi connectivity index (χ1) is 21.1. The van der Waals surface area contributed by atoms with E-state index in [4.69, 9.17) is 10.1 Å². The molecule has 1 aromatic carbocycles. The van der Waals surface area contributed by atoms with Crippen molar-refractivity contribution in [3.8, 4) is 17.3 Å². The number of amides is 3. The summed E-state index contributed by atoms with van der Waals surface area (Å²) >= 11 is 0. The number of alkyl halides is 3. The Hall–Kier alpha value is -4.97. The zero-order valence-electron chi connectivity index (χ0n) is 23.5. The third kappa shape index (κ3) is 7.14. The number of carbonyl (C=O) groups is 2. The molecule has 3 aromatic rings. The highest BCUT2D eigenvalue weighted by atomic mass is 19.4. The van der Waals surface area contributed by atoms with Crippen LogP contribution in [0.5, 0.6) is 0 Å². The fourth-order valence-corrected chi connectivity index (χ4v) is 5.18. The Labute approximate surface area is 250 Å². The van der Waals surface area contributed by atoms with Gasteiger partial charge in [-0.15, -0.1) is 0 Å². The fourth-order valence-electron chi connectivity index (χ4n) is 5.18. The fraction of sp³-hybridized carbons (Fsp3) is 0.379. The largest absolute Gasteiger partial charge is 0.405 e. The highest BCUT2D eigenvalue weighted by Crippen LogP contribution is 2.28. The number of carbonyl (C=O) groups excluding carboxylic acids is 2. The molecule has 2 saturated heterocycles. The quantitative estimate of drug-likeness (QED) is 0.255. The second-order valence-electron chi connectivity index (χ2n) is 10.8. The zero-order valence-corrected chi connectivity index (χ0v) is 23.5. The van der Waals surface area contributed by atoms with Gasteiger partial charge in [-0.25, -0.2) is 14.3 Å². The van der Waals surface area contributed by atoms with Crippen LogP contribution in [-0.2, 0) is 9.53 Å². The van der Waals surface area contributed by atoms with Crippen LogP contribution in [0.4, 0.5) is 23.7 Å². The molecule has 0 radical (unpaired) electrons. The summed E-state index contributed by atoms with van der Waals surface area (Å²) < 4.78 is 44.3. The van der Waals surface area contributed by atoms with Crippen molar-refractivity contribution in [2.75, 3.05) is 31.6 Å². The van der Waals surface area contributed by atoms with Crippen molar-refractivity contribution in [2.24, 2.45) is 0 Å². The molecule has 0 bridgehead atoms. The summed E-state index contributed by atoms with van der Waals surface area (Å²) in [6.45, 7) is -0.0374. The lowest BCUT2D eigenvalue weighted by Crippen LogP contribution is -2.69. The topological polar surface area (TPSA) is 161 Å². The summed E-state index contributed by atoms with van der Waals surface area (Å²) in [6, 6.07) is 9.43. The van der Waals surface area contributed by atoms with Crippen LogP contribution >= 0.6 is 0 Å². The highest BCUT2D eigenvalue weighted by Gasteiger charge is 2.45. The molecule has 44 heavy (non-hydrogen) atoms. The van der Waals surface area contributed by atoms with E-state index in [9.17, 15) is 28.0 Å². The molecule has 0 saturated carbocycles. The molecule has 2 aromatic heterocycles. The second-order valence-corrected chi connectivity index (χ2v) is 10.8. The molecule has 230 valence electrons. The molecule has 4 N–H and O–H groups in total. The number of nitriles is 1. The summed E-state index contributed by atoms with van der Waals surface area (Å²) in [5.41, 5.74) is 2.37. The summed E-state index contributed by atoms with van der Waals surface area (Å²) in [6.07, 6.45) is 3.69. The van der Waals surface area contributed by atoms with E-state index in [1.165, 1.54) is 0 Å². The monoisotopic (exact) mass is 609 g/mol. The second kappa shape index (κ2) is 12.7. The van der Waals surface area contributed by atoms with Gasteiger partial charge in [0.25, 0.3) is 0 Å². The highest BCUT2D eigenvalue weighted by molar-refractivity contribution is 6.08. The number of rotatable bonds is 10. The molecule has 2 fully saturated rings. The minimum atomic E-state index is -4.52. The molecular formula is C29H30F3N9O3. The van der Waals surface area contributed by atoms with E-state index in [1.54, 1.807) is 63.7 Å². The molecule has 3 amide bonds. The van der Waals surface area contributed by atoms with E-state index in [2.05, 4.69) is 26.8 Å². The smallest absolute Gasteiger partial charge is 0.380 e. The summed E-state index contributed by atoms with van der Waals surface area (Å²) in [4.78, 5) is 30.6. The lowest BCUT2D eigenvalue weighted by molar-refractivity contribution is -0.141. The minimum Gasteiger partial charge on any atom is -0.380 e. The summed E-state index contributed by atoms with van der Waals surface area (Å²) in [5.74, 6) is -0.000627. The van der Waals surface area contributed by atoms with Gasteiger partial charge in [0.2, 0.25) is 5.91 Å². The Morgan fingerprint density at radius 2 is 2.07 bits per heavy atom. The number of fused-ring (bicyclic) bond motifs is 1. The van der Waals surface area contributed by atoms with Crippen LogP contribution in [0.1, 0.15) is 31.2 Å². The van der Waals surface area contributed by atoms with E-state index in [0.717, 1.165) is 19.1 Å². The molecule has 15 heteroatoms. The number of likely N-dealkylation sites (tertiary alicyclic amines) is 1. The number of allylic oxidation sites excluding steroid dienone is 1. The molecule has 12 nitrogen and oxygen atoms in total. The molecule has 1 unspecified atom stereocenters. The molecule has 5 rings (SSSR count). The van der Waals surface area contributed by atoms with Gasteiger partial charge in [-0.3, -0.25) is 4.79 Å². The van der Waals surface area contributed by atoms with Gasteiger partial charge < -0.3 is 31.0 Å². The molecule has 0 aliphatic carbocycles. The number of imidazole rings is 1. The molecule has 0 spiro atoms. The standard InChI is InChI=1S/C29H30F3N9O3/c30-29(31,32)16-36-27(43)39-22-4-1-3-19(9-22)24-15-35-25-10-20(14-38-41(24)25)21(12-34)13-37-28(6-7-33)17-40(18-28)26(42)11-23-5-2-8-44-23/h1,3-4,9-10,12-15,23,34,37H,2,5-6,8,11,16-18H2,(H2,36,39,43)/b21-13+,34-12?. The Kier molecular flexibility index (Phi) is 8.81. The Morgan fingerprint density at radius 1 is 1.25 bits per heavy atom. The lowest BCUT2D eigenvalue weighted by Gasteiger charge is -2.49. The summed E-state index contributed by atoms with van der Waals surface area (Å²) in [5, 5.41) is 29.3. The number of nitrogens with one attached hydrogen (secondary N) is 4. The lowest BCUT2D eigenvalue weighted by atomic mass is 9.86. The van der Waals surface area contributed by atoms with Crippen molar-refractivity contribution in [3.05, 3.63) is 54.5 Å². The molecule has 2 aliphatic heterocycles. The number of hydrogen-bond donors (Lipinski definition) is 4. The van der Waals surface area contributed by atoms with Gasteiger partial charge >= 0.3 is 12.2 Å². The molecule has 2 aliphatic rings. The van der Waals surface area contributed by atoms with Gasteiger partial charge in [-0.2, -0.15) is 23.5 Å². The number of urea groups is 1. The Balaban J connectivity index is 1.27. The number of anilines is 1. The number of halogens is 3. The number of benzene rings is 1. The van der Waals surface area contributed by atoms with Crippen molar-refractivity contribution in [3.63, 3.8) is 0 Å². The summed E-state index contributed by atoms with van der Waals surface area (Å²) in [7, 11) is 0. The number of ether oxygens (including phenoxy) is 1. The predicted molar refractivity (Wildman–Crippen MR) is 155 cm³/mol. The van der Waals surface area contributed by atoms with Crippen LogP contribution in [0.3, 0.4) is 0 Å². The SMILES string of the molecule is N#CCC1(N/C=C(\C=N)c2cnn3c(-c4cccc(NC(=O)NCC(F)(F)F)c4)cnc3c2)CN(C(=O)CC2CCCO2)C1. The normalized spacial score (nSPS) is 17.9. The molecular weight excluding hydrogens is 579 g/mol. The number of nitrogens with zero attached hydrogens (tertiary/aromatic N) is 5. The van der Waals surface area contributed by atoms with Crippen LogP contribution in [0, 0.1) is 16.7 Å². The number of aromatic nitrogens is 3. The van der Waals surface area contributed by atoms with Crippen molar-refractivity contribution in [1.29, 1.82) is 10.7 Å². The first kappa shape index (κ1) is 30.5. The average Bonchev–Trinajstić information content (AvgIpc) is 3.64. The minimum absolute atomic E-state index is 0.000627. The van der Waals surface area contributed by atoms with E-state index < -0.39 is 24.3 Å². The van der Waals surface area contributed by atoms with Gasteiger partial charge in [0.15, 0.2) is 5.65 Å². The average molecular weight is 610 g/mol. The third-order valence-electron chi connectivity index (χ3n) is 7.43. The van der Waals surface area contributed by atoms with Gasteiger partial charge in [0, 0.05) is 54.5 Å². The Morgan fingerprint density at radius 3 is 2.77 bits per heavy atom. The van der Waals surface area contributed by atoms with Crippen molar-refractivity contribution < 1.29 is 27.5 Å². The maximum atomic E-state index is 12.7. The molecule has 1 atom stereocenters. The maximum Gasteiger partial charge on any atom is 0.405 e. The van der Waals surface area contributed by atoms with Gasteiger partial charge in [-0.1, -0.05) is 12.1 Å². The van der Waals surface area contributed by atoms with Crippen LogP contribution in [0.15, 0.2) is 48.9 Å². The van der Waals surface area contributed by atoms with Crippen LogP contribution in [-0.4, -0.2) is 81.7 Å². The van der Waals surface area contributed by atoms with Crippen LogP contribution in [0.25, 0.3) is 22.5 Å². The zero-order chi connectivity index (χ0) is 31.3. The van der Waals surface area contributed by atoms with Crippen molar-refractivity contribution in [1.82, 2.24) is 30.1 Å². The predicted octanol–water partition coefficient (Wildman–Crippen LogP) is 3.72. The van der Waals surface area contributed by atoms with Gasteiger partial charge in [0.05, 0.1) is 48.6 Å². The third-order valence-corrected chi connectivity index (χ3v) is 7.43. The van der Waals surface area contributed by atoms with Crippen LogP contribution in [0.2, 0.25) is 0 Å². The number of hydrogen-bond acceptors (Lipinski definition) is 8. The van der Waals surface area contributed by atoms with E-state index in [-0.39, 0.29) is 24.1 Å². The van der Waals surface area contributed by atoms with Crippen molar-refractivity contribution in [2.45, 2.75) is 43.5 Å². The maximum absolute atomic E-state index is 12.7. The molecule has 4 heterocycles. The first-order valence-electron chi connectivity index (χ1n) is 13.9. The van der Waals surface area contributed by atoms with Crippen LogP contribution < -0.4 is 16.0 Å². The van der Waals surface area contributed by atoms with E-state index in [1.807, 2.05) is 0 Å². The Bertz CT molecular complexity index is 1620. The van der Waals surface area contributed by atoms with E-state index in [0.29, 0.717) is 54.2 Å². The van der Waals surface area contributed by atoms with Crippen molar-refractivity contribution >= 4 is 35.1 Å². The van der Waals surface area contributed by atoms with Gasteiger partial charge in [-0.05, 0) is 31.0 Å². The van der Waals surface area contributed by atoms with E-state index >= 15 is 0 Å². The first-order valence-corrected chi connectivity index (χ1v) is 13.9. The van der Waals surface area contributed by atoms with Gasteiger partial charge in [0.1, 0.15) is 6.54 Å².